The van der Waals surface area contributed by atoms with E-state index in [0.717, 1.165) is 67.1 Å². The highest BCUT2D eigenvalue weighted by Crippen LogP contribution is 2.44. The van der Waals surface area contributed by atoms with Crippen LogP contribution in [0.2, 0.25) is 0 Å². The van der Waals surface area contributed by atoms with Crippen LogP contribution in [-0.2, 0) is 0 Å². The lowest BCUT2D eigenvalue weighted by atomic mass is 9.95. The van der Waals surface area contributed by atoms with Crippen LogP contribution in [0.4, 0.5) is 0 Å². The predicted molar refractivity (Wildman–Crippen MR) is 246 cm³/mol. The average molecular weight is 778 g/mol. The maximum Gasteiger partial charge on any atom is 0.293 e. The molecule has 6 heteroatoms. The first-order chi connectivity index (χ1) is 29.0. The molecule has 280 valence electrons. The van der Waals surface area contributed by atoms with Crippen molar-refractivity contribution in [1.82, 2.24) is 14.5 Å². The van der Waals surface area contributed by atoms with Gasteiger partial charge in [0.15, 0.2) is 11.4 Å². The maximum absolute atomic E-state index is 6.89. The van der Waals surface area contributed by atoms with Crippen LogP contribution in [0, 0.1) is 20.8 Å². The number of pyridine rings is 2. The number of thiophene rings is 1. The van der Waals surface area contributed by atoms with Crippen molar-refractivity contribution < 1.29 is 9.14 Å². The Bertz CT molecular complexity index is 3650. The van der Waals surface area contributed by atoms with Crippen LogP contribution in [0.1, 0.15) is 16.7 Å². The van der Waals surface area contributed by atoms with Gasteiger partial charge in [-0.25, -0.2) is 9.97 Å². The van der Waals surface area contributed by atoms with E-state index in [4.69, 9.17) is 9.72 Å². The fourth-order valence-corrected chi connectivity index (χ4v) is 10.7. The third-order valence-corrected chi connectivity index (χ3v) is 13.1. The van der Waals surface area contributed by atoms with Crippen LogP contribution < -0.4 is 9.14 Å². The topological polar surface area (TPSA) is 46.9 Å². The molecule has 0 aliphatic carbocycles. The van der Waals surface area contributed by atoms with Gasteiger partial charge in [0.2, 0.25) is 0 Å². The van der Waals surface area contributed by atoms with E-state index in [2.05, 4.69) is 186 Å². The van der Waals surface area contributed by atoms with Crippen LogP contribution in [0.25, 0.3) is 97.6 Å². The molecular formula is C53H37N4OS+. The summed E-state index contributed by atoms with van der Waals surface area (Å²) in [7, 11) is 0. The molecule has 1 N–H and O–H groups in total. The minimum atomic E-state index is 0.760. The molecule has 59 heavy (non-hydrogen) atoms. The van der Waals surface area contributed by atoms with Gasteiger partial charge in [-0.1, -0.05) is 96.6 Å². The number of aryl methyl sites for hydroxylation is 3. The Kier molecular flexibility index (Phi) is 7.38. The Morgan fingerprint density at radius 3 is 2.12 bits per heavy atom. The molecule has 12 rings (SSSR count). The Labute approximate surface area is 344 Å². The van der Waals surface area contributed by atoms with Crippen molar-refractivity contribution in [2.75, 3.05) is 0 Å². The van der Waals surface area contributed by atoms with Crippen molar-refractivity contribution in [3.63, 3.8) is 0 Å². The summed E-state index contributed by atoms with van der Waals surface area (Å²) in [5, 5.41) is 8.30. The van der Waals surface area contributed by atoms with E-state index in [0.29, 0.717) is 0 Å². The van der Waals surface area contributed by atoms with Gasteiger partial charge >= 0.3 is 0 Å². The fourth-order valence-electron chi connectivity index (χ4n) is 9.64. The molecule has 7 aromatic carbocycles. The molecule has 0 saturated heterocycles. The van der Waals surface area contributed by atoms with E-state index < -0.39 is 0 Å². The molecule has 5 nitrogen and oxygen atoms in total. The summed E-state index contributed by atoms with van der Waals surface area (Å²) in [6.45, 7) is 6.61. The van der Waals surface area contributed by atoms with Crippen LogP contribution in [0.15, 0.2) is 164 Å². The van der Waals surface area contributed by atoms with Crippen LogP contribution in [-0.4, -0.2) is 14.5 Å². The van der Waals surface area contributed by atoms with Crippen LogP contribution in [0.3, 0.4) is 0 Å². The number of H-pyrrole nitrogens is 1. The standard InChI is InChI=1S/C53H36N4OS/c1-31-27-32(2)48(33(3)28-31)50-51(34-13-5-4-6-14-34)57-43-17-9-7-15-38(43)37-22-20-35(29-42(37)53(57)55-50)58-36-21-23-39-40-24-25-46-49(41-16-8-10-18-45(41)59-46)52(40)56(44(39)30-36)47-19-11-12-26-54-47/h4-30H,1-3H3/p+1. The van der Waals surface area contributed by atoms with Gasteiger partial charge in [-0.2, -0.15) is 4.40 Å². The number of hydrogen-bond acceptors (Lipinski definition) is 3. The Morgan fingerprint density at radius 1 is 0.593 bits per heavy atom. The molecule has 0 saturated carbocycles. The zero-order chi connectivity index (χ0) is 39.4. The number of nitrogens with zero attached hydrogens (tertiary/aromatic N) is 3. The third-order valence-electron chi connectivity index (χ3n) is 11.9. The van der Waals surface area contributed by atoms with Gasteiger partial charge in [0.05, 0.1) is 16.4 Å². The first-order valence-electron chi connectivity index (χ1n) is 20.0. The summed E-state index contributed by atoms with van der Waals surface area (Å²) >= 11 is 1.84. The largest absolute Gasteiger partial charge is 0.457 e. The number of rotatable bonds is 5. The Morgan fingerprint density at radius 2 is 1.31 bits per heavy atom. The quantitative estimate of drug-likeness (QED) is 0.140. The number of fused-ring (bicyclic) bond motifs is 13. The summed E-state index contributed by atoms with van der Waals surface area (Å²) in [4.78, 5) is 8.88. The number of nitrogens with one attached hydrogen (secondary N) is 1. The van der Waals surface area contributed by atoms with Crippen molar-refractivity contribution in [2.45, 2.75) is 20.8 Å². The van der Waals surface area contributed by atoms with E-state index in [9.17, 15) is 0 Å². The van der Waals surface area contributed by atoms with Gasteiger partial charge in [-0.3, -0.25) is 4.57 Å². The summed E-state index contributed by atoms with van der Waals surface area (Å²) in [5.41, 5.74) is 12.8. The molecule has 12 aromatic rings. The monoisotopic (exact) mass is 777 g/mol. The molecule has 0 atom stereocenters. The number of hydrogen-bond donors (Lipinski definition) is 1. The summed E-state index contributed by atoms with van der Waals surface area (Å²) in [6.07, 6.45) is 1.87. The van der Waals surface area contributed by atoms with Crippen molar-refractivity contribution in [3.8, 4) is 39.8 Å². The van der Waals surface area contributed by atoms with Crippen molar-refractivity contribution in [1.29, 1.82) is 0 Å². The lowest BCUT2D eigenvalue weighted by Gasteiger charge is -2.11. The van der Waals surface area contributed by atoms with E-state index >= 15 is 0 Å². The molecule has 0 unspecified atom stereocenters. The number of imidazole rings is 1. The smallest absolute Gasteiger partial charge is 0.293 e. The zero-order valence-corrected chi connectivity index (χ0v) is 33.6. The maximum atomic E-state index is 6.89. The van der Waals surface area contributed by atoms with Crippen LogP contribution in [0.5, 0.6) is 11.5 Å². The van der Waals surface area contributed by atoms with Crippen molar-refractivity contribution >= 4 is 80.6 Å². The summed E-state index contributed by atoms with van der Waals surface area (Å²) in [6, 6.07) is 56.3. The molecule has 0 amide bonds. The van der Waals surface area contributed by atoms with E-state index in [-0.39, 0.29) is 0 Å². The fraction of sp³-hybridized carbons (Fsp3) is 0.0566. The molecule has 0 spiro atoms. The third kappa shape index (κ3) is 5.09. The number of benzene rings is 7. The molecule has 0 aliphatic rings. The number of ether oxygens (including phenoxy) is 1. The normalized spacial score (nSPS) is 12.0. The SMILES string of the molecule is Cc1cc(C)c(-c2[nH]c3c4cc(Oc5ccc6c7ccc8sc9ccccc9c8c7n(-c7ccccn7)c6c5)ccc4c4ccccc4[n+]3c2-c2ccccc2)c(C)c1. The second-order valence-electron chi connectivity index (χ2n) is 15.6. The molecule has 0 aliphatic heterocycles. The van der Waals surface area contributed by atoms with Gasteiger partial charge in [-0.05, 0) is 92.6 Å². The second kappa shape index (κ2) is 12.9. The number of aromatic nitrogens is 4. The Balaban J connectivity index is 1.09. The van der Waals surface area contributed by atoms with Gasteiger partial charge in [-0.15, -0.1) is 11.3 Å². The lowest BCUT2D eigenvalue weighted by Crippen LogP contribution is -2.24. The molecule has 5 heterocycles. The van der Waals surface area contributed by atoms with Gasteiger partial charge < -0.3 is 4.74 Å². The highest BCUT2D eigenvalue weighted by atomic mass is 32.1. The highest BCUT2D eigenvalue weighted by Gasteiger charge is 2.29. The van der Waals surface area contributed by atoms with Crippen molar-refractivity contribution in [2.24, 2.45) is 0 Å². The summed E-state index contributed by atoms with van der Waals surface area (Å²) in [5.74, 6) is 2.40. The first kappa shape index (κ1) is 33.8. The molecule has 0 fully saturated rings. The van der Waals surface area contributed by atoms with E-state index in [1.165, 1.54) is 58.7 Å². The van der Waals surface area contributed by atoms with Gasteiger partial charge in [0.1, 0.15) is 22.8 Å². The summed E-state index contributed by atoms with van der Waals surface area (Å²) < 4.78 is 14.2. The van der Waals surface area contributed by atoms with E-state index in [1.807, 2.05) is 23.6 Å². The van der Waals surface area contributed by atoms with E-state index in [1.54, 1.807) is 0 Å². The zero-order valence-electron chi connectivity index (χ0n) is 32.7. The van der Waals surface area contributed by atoms with Gasteiger partial charge in [0.25, 0.3) is 5.65 Å². The minimum Gasteiger partial charge on any atom is -0.457 e. The predicted octanol–water partition coefficient (Wildman–Crippen LogP) is 14.0. The first-order valence-corrected chi connectivity index (χ1v) is 20.9. The molecule has 0 bridgehead atoms. The lowest BCUT2D eigenvalue weighted by molar-refractivity contribution is -0.465. The highest BCUT2D eigenvalue weighted by molar-refractivity contribution is 7.26. The van der Waals surface area contributed by atoms with Gasteiger partial charge in [0, 0.05) is 65.1 Å². The minimum absolute atomic E-state index is 0.760. The van der Waals surface area contributed by atoms with Crippen LogP contribution >= 0.6 is 11.3 Å². The number of para-hydroxylation sites is 1. The average Bonchev–Trinajstić information content (AvgIpc) is 3.94. The number of aromatic amines is 1. The van der Waals surface area contributed by atoms with Crippen molar-refractivity contribution in [3.05, 3.63) is 181 Å². The second-order valence-corrected chi connectivity index (χ2v) is 16.7. The molecule has 5 aromatic heterocycles. The molecular weight excluding hydrogens is 741 g/mol. The Hall–Kier alpha value is -7.28. The molecule has 0 radical (unpaired) electrons.